The van der Waals surface area contributed by atoms with Gasteiger partial charge in [0.15, 0.2) is 0 Å². The Labute approximate surface area is 122 Å². The summed E-state index contributed by atoms with van der Waals surface area (Å²) in [5.41, 5.74) is 1.03. The summed E-state index contributed by atoms with van der Waals surface area (Å²) in [5, 5.41) is 11.6. The maximum atomic E-state index is 12.1. The van der Waals surface area contributed by atoms with Gasteiger partial charge in [0.25, 0.3) is 0 Å². The zero-order valence-electron chi connectivity index (χ0n) is 11.8. The first-order valence-electron chi connectivity index (χ1n) is 6.86. The molecule has 1 atom stereocenters. The highest BCUT2D eigenvalue weighted by Crippen LogP contribution is 2.17. The number of nitrogens with zero attached hydrogens (tertiary/aromatic N) is 1. The van der Waals surface area contributed by atoms with Gasteiger partial charge in [0.05, 0.1) is 5.56 Å². The van der Waals surface area contributed by atoms with Crippen LogP contribution in [0.2, 0.25) is 0 Å². The van der Waals surface area contributed by atoms with Crippen LogP contribution in [0.25, 0.3) is 0 Å². The fraction of sp³-hybridized carbons (Fsp3) is 0.400. The Hall–Kier alpha value is -2.37. The Kier molecular flexibility index (Phi) is 4.57. The van der Waals surface area contributed by atoms with E-state index < -0.39 is 5.97 Å². The lowest BCUT2D eigenvalue weighted by atomic mass is 10.1. The molecule has 1 aliphatic rings. The molecule has 0 aliphatic carbocycles. The van der Waals surface area contributed by atoms with Crippen LogP contribution in [0.15, 0.2) is 24.3 Å². The number of carboxylic acid groups (broad SMARTS) is 1. The Balaban J connectivity index is 1.91. The molecule has 6 heteroatoms. The number of carboxylic acids is 1. The van der Waals surface area contributed by atoms with E-state index >= 15 is 0 Å². The van der Waals surface area contributed by atoms with Gasteiger partial charge in [0, 0.05) is 20.0 Å². The van der Waals surface area contributed by atoms with E-state index in [0.717, 1.165) is 12.0 Å². The number of likely N-dealkylation sites (tertiary alicyclic amines) is 1. The minimum atomic E-state index is -0.978. The first-order chi connectivity index (χ1) is 9.99. The van der Waals surface area contributed by atoms with Crippen LogP contribution >= 0.6 is 0 Å². The van der Waals surface area contributed by atoms with Gasteiger partial charge in [0.2, 0.25) is 11.8 Å². The standard InChI is InChI=1S/C15H18N2O4/c1-10(18)17-8-2-3-13(17)14(19)16-9-11-4-6-12(7-5-11)15(20)21/h4-7,13H,2-3,8-9H2,1H3,(H,16,19)(H,20,21)/t13-/m1/s1. The van der Waals surface area contributed by atoms with Gasteiger partial charge < -0.3 is 15.3 Å². The van der Waals surface area contributed by atoms with Crippen LogP contribution in [-0.4, -0.2) is 40.4 Å². The SMILES string of the molecule is CC(=O)N1CCC[C@@H]1C(=O)NCc1ccc(C(=O)O)cc1. The monoisotopic (exact) mass is 290 g/mol. The zero-order valence-corrected chi connectivity index (χ0v) is 11.8. The Morgan fingerprint density at radius 1 is 1.29 bits per heavy atom. The maximum absolute atomic E-state index is 12.1. The molecule has 0 aromatic heterocycles. The number of hydrogen-bond acceptors (Lipinski definition) is 3. The fourth-order valence-corrected chi connectivity index (χ4v) is 2.49. The third kappa shape index (κ3) is 3.59. The van der Waals surface area contributed by atoms with Crippen LogP contribution in [0.3, 0.4) is 0 Å². The molecule has 21 heavy (non-hydrogen) atoms. The predicted octanol–water partition coefficient (Wildman–Crippen LogP) is 1.01. The van der Waals surface area contributed by atoms with Crippen molar-refractivity contribution in [3.63, 3.8) is 0 Å². The van der Waals surface area contributed by atoms with Crippen LogP contribution in [0.1, 0.15) is 35.7 Å². The molecule has 0 saturated carbocycles. The summed E-state index contributed by atoms with van der Waals surface area (Å²) in [7, 11) is 0. The fourth-order valence-electron chi connectivity index (χ4n) is 2.49. The summed E-state index contributed by atoms with van der Waals surface area (Å²) in [4.78, 5) is 35.9. The molecule has 2 rings (SSSR count). The molecule has 1 saturated heterocycles. The van der Waals surface area contributed by atoms with Gasteiger partial charge in [-0.1, -0.05) is 12.1 Å². The quantitative estimate of drug-likeness (QED) is 0.866. The number of nitrogens with one attached hydrogen (secondary N) is 1. The maximum Gasteiger partial charge on any atom is 0.335 e. The first kappa shape index (κ1) is 15.0. The summed E-state index contributed by atoms with van der Waals surface area (Å²) in [6.07, 6.45) is 1.52. The number of carbonyl (C=O) groups excluding carboxylic acids is 2. The summed E-state index contributed by atoms with van der Waals surface area (Å²) in [6, 6.07) is 5.95. The van der Waals surface area contributed by atoms with E-state index in [4.69, 9.17) is 5.11 Å². The highest BCUT2D eigenvalue weighted by atomic mass is 16.4. The van der Waals surface area contributed by atoms with Crippen LogP contribution in [0.4, 0.5) is 0 Å². The second-order valence-corrected chi connectivity index (χ2v) is 5.09. The van der Waals surface area contributed by atoms with Gasteiger partial charge in [-0.2, -0.15) is 0 Å². The molecule has 2 amide bonds. The van der Waals surface area contributed by atoms with Gasteiger partial charge in [0.1, 0.15) is 6.04 Å². The minimum absolute atomic E-state index is 0.0848. The number of amides is 2. The van der Waals surface area contributed by atoms with Crippen molar-refractivity contribution >= 4 is 17.8 Å². The van der Waals surface area contributed by atoms with E-state index in [2.05, 4.69) is 5.32 Å². The Morgan fingerprint density at radius 3 is 2.52 bits per heavy atom. The summed E-state index contributed by atoms with van der Waals surface area (Å²) < 4.78 is 0. The van der Waals surface area contributed by atoms with Crippen LogP contribution in [-0.2, 0) is 16.1 Å². The van der Waals surface area contributed by atoms with Crippen molar-refractivity contribution in [2.24, 2.45) is 0 Å². The molecule has 1 fully saturated rings. The number of benzene rings is 1. The van der Waals surface area contributed by atoms with Gasteiger partial charge >= 0.3 is 5.97 Å². The highest BCUT2D eigenvalue weighted by Gasteiger charge is 2.31. The van der Waals surface area contributed by atoms with Crippen LogP contribution < -0.4 is 5.32 Å². The van der Waals surface area contributed by atoms with Crippen molar-refractivity contribution < 1.29 is 19.5 Å². The summed E-state index contributed by atoms with van der Waals surface area (Å²) in [6.45, 7) is 2.41. The highest BCUT2D eigenvalue weighted by molar-refractivity contribution is 5.88. The third-order valence-corrected chi connectivity index (χ3v) is 3.63. The Morgan fingerprint density at radius 2 is 1.95 bits per heavy atom. The zero-order chi connectivity index (χ0) is 15.4. The second kappa shape index (κ2) is 6.39. The van der Waals surface area contributed by atoms with E-state index in [1.807, 2.05) is 0 Å². The molecule has 1 aromatic rings. The van der Waals surface area contributed by atoms with Gasteiger partial charge in [-0.25, -0.2) is 4.79 Å². The number of carbonyl (C=O) groups is 3. The topological polar surface area (TPSA) is 86.7 Å². The molecule has 1 aromatic carbocycles. The van der Waals surface area contributed by atoms with Crippen molar-refractivity contribution in [3.8, 4) is 0 Å². The Bertz CT molecular complexity index is 553. The van der Waals surface area contributed by atoms with Crippen molar-refractivity contribution in [2.45, 2.75) is 32.4 Å². The number of aromatic carboxylic acids is 1. The largest absolute Gasteiger partial charge is 0.478 e. The van der Waals surface area contributed by atoms with Crippen molar-refractivity contribution in [2.75, 3.05) is 6.54 Å². The summed E-state index contributed by atoms with van der Waals surface area (Å²) >= 11 is 0. The second-order valence-electron chi connectivity index (χ2n) is 5.09. The molecule has 0 unspecified atom stereocenters. The number of rotatable bonds is 4. The van der Waals surface area contributed by atoms with Gasteiger partial charge in [-0.15, -0.1) is 0 Å². The smallest absolute Gasteiger partial charge is 0.335 e. The van der Waals surface area contributed by atoms with Crippen molar-refractivity contribution in [3.05, 3.63) is 35.4 Å². The van der Waals surface area contributed by atoms with Gasteiger partial charge in [-0.3, -0.25) is 9.59 Å². The van der Waals surface area contributed by atoms with E-state index in [9.17, 15) is 14.4 Å². The predicted molar refractivity (Wildman–Crippen MR) is 75.7 cm³/mol. The molecule has 0 radical (unpaired) electrons. The number of hydrogen-bond donors (Lipinski definition) is 2. The molecular formula is C15H18N2O4. The van der Waals surface area contributed by atoms with Crippen molar-refractivity contribution in [1.82, 2.24) is 10.2 Å². The lowest BCUT2D eigenvalue weighted by Gasteiger charge is -2.22. The normalized spacial score (nSPS) is 17.6. The van der Waals surface area contributed by atoms with Gasteiger partial charge in [-0.05, 0) is 30.5 Å². The van der Waals surface area contributed by atoms with Crippen molar-refractivity contribution in [1.29, 1.82) is 0 Å². The van der Waals surface area contributed by atoms with Crippen LogP contribution in [0.5, 0.6) is 0 Å². The molecule has 2 N–H and O–H groups in total. The average molecular weight is 290 g/mol. The average Bonchev–Trinajstić information content (AvgIpc) is 2.95. The third-order valence-electron chi connectivity index (χ3n) is 3.63. The lowest BCUT2D eigenvalue weighted by molar-refractivity contribution is -0.136. The summed E-state index contributed by atoms with van der Waals surface area (Å²) in [5.74, 6) is -1.22. The first-order valence-corrected chi connectivity index (χ1v) is 6.86. The molecule has 112 valence electrons. The van der Waals surface area contributed by atoms with Crippen LogP contribution in [0, 0.1) is 0 Å². The van der Waals surface area contributed by atoms with E-state index in [1.54, 1.807) is 17.0 Å². The molecule has 0 bridgehead atoms. The minimum Gasteiger partial charge on any atom is -0.478 e. The molecule has 6 nitrogen and oxygen atoms in total. The lowest BCUT2D eigenvalue weighted by Crippen LogP contribution is -2.44. The molecule has 1 heterocycles. The van der Waals surface area contributed by atoms with E-state index in [1.165, 1.54) is 19.1 Å². The van der Waals surface area contributed by atoms with E-state index in [-0.39, 0.29) is 23.4 Å². The molecule has 1 aliphatic heterocycles. The van der Waals surface area contributed by atoms with E-state index in [0.29, 0.717) is 19.5 Å². The molecule has 0 spiro atoms. The molecular weight excluding hydrogens is 272 g/mol.